The van der Waals surface area contributed by atoms with Gasteiger partial charge >= 0.3 is 0 Å². The minimum atomic E-state index is -0.315. The predicted octanol–water partition coefficient (Wildman–Crippen LogP) is 0.391. The molecular formula is C10H19N3OS. The molecule has 1 saturated carbocycles. The highest BCUT2D eigenvalue weighted by molar-refractivity contribution is 7.80. The molecule has 1 unspecified atom stereocenters. The minimum Gasteiger partial charge on any atom is -0.392 e. The summed E-state index contributed by atoms with van der Waals surface area (Å²) >= 11 is 4.97. The number of primary amides is 1. The topological polar surface area (TPSA) is 72.3 Å². The SMILES string of the molecule is CC(C(N)=S)N(CC(N)=O)C1CCCC1. The second-order valence-electron chi connectivity index (χ2n) is 4.16. The largest absolute Gasteiger partial charge is 0.392 e. The number of thiocarbonyl (C=S) groups is 1. The molecule has 1 fully saturated rings. The Labute approximate surface area is 96.0 Å². The lowest BCUT2D eigenvalue weighted by Crippen LogP contribution is -2.50. The number of carbonyl (C=O) groups is 1. The van der Waals surface area contributed by atoms with Gasteiger partial charge in [0.2, 0.25) is 5.91 Å². The van der Waals surface area contributed by atoms with Gasteiger partial charge in [-0.2, -0.15) is 0 Å². The van der Waals surface area contributed by atoms with Crippen LogP contribution >= 0.6 is 12.2 Å². The smallest absolute Gasteiger partial charge is 0.231 e. The van der Waals surface area contributed by atoms with E-state index in [-0.39, 0.29) is 18.5 Å². The van der Waals surface area contributed by atoms with E-state index < -0.39 is 0 Å². The van der Waals surface area contributed by atoms with E-state index in [9.17, 15) is 4.79 Å². The Morgan fingerprint density at radius 1 is 1.47 bits per heavy atom. The summed E-state index contributed by atoms with van der Waals surface area (Å²) in [6.07, 6.45) is 4.65. The fourth-order valence-corrected chi connectivity index (χ4v) is 2.30. The van der Waals surface area contributed by atoms with E-state index in [0.29, 0.717) is 11.0 Å². The van der Waals surface area contributed by atoms with Crippen molar-refractivity contribution >= 4 is 23.1 Å². The summed E-state index contributed by atoms with van der Waals surface area (Å²) in [4.78, 5) is 13.5. The molecule has 1 aliphatic rings. The Morgan fingerprint density at radius 3 is 2.40 bits per heavy atom. The van der Waals surface area contributed by atoms with Gasteiger partial charge in [-0.1, -0.05) is 25.1 Å². The Bertz CT molecular complexity index is 251. The zero-order valence-corrected chi connectivity index (χ0v) is 9.93. The lowest BCUT2D eigenvalue weighted by Gasteiger charge is -2.32. The van der Waals surface area contributed by atoms with Crippen LogP contribution in [0, 0.1) is 0 Å². The van der Waals surface area contributed by atoms with Gasteiger partial charge in [-0.25, -0.2) is 0 Å². The average molecular weight is 229 g/mol. The molecule has 0 aromatic rings. The van der Waals surface area contributed by atoms with Crippen LogP contribution < -0.4 is 11.5 Å². The third-order valence-electron chi connectivity index (χ3n) is 3.04. The second-order valence-corrected chi connectivity index (χ2v) is 4.63. The monoisotopic (exact) mass is 229 g/mol. The van der Waals surface area contributed by atoms with Crippen LogP contribution in [-0.2, 0) is 4.79 Å². The number of hydrogen-bond acceptors (Lipinski definition) is 3. The van der Waals surface area contributed by atoms with Crippen molar-refractivity contribution in [3.63, 3.8) is 0 Å². The quantitative estimate of drug-likeness (QED) is 0.669. The Kier molecular flexibility index (Phi) is 4.47. The molecule has 1 rings (SSSR count). The van der Waals surface area contributed by atoms with Crippen molar-refractivity contribution < 1.29 is 4.79 Å². The van der Waals surface area contributed by atoms with E-state index >= 15 is 0 Å². The van der Waals surface area contributed by atoms with Crippen LogP contribution in [0.1, 0.15) is 32.6 Å². The molecule has 1 amide bonds. The van der Waals surface area contributed by atoms with E-state index in [1.54, 1.807) is 0 Å². The molecule has 0 bridgehead atoms. The van der Waals surface area contributed by atoms with E-state index in [2.05, 4.69) is 0 Å². The highest BCUT2D eigenvalue weighted by Gasteiger charge is 2.28. The summed E-state index contributed by atoms with van der Waals surface area (Å²) in [6.45, 7) is 2.19. The summed E-state index contributed by atoms with van der Waals surface area (Å²) in [5, 5.41) is 0. The normalized spacial score (nSPS) is 19.3. The summed E-state index contributed by atoms with van der Waals surface area (Å²) in [5.74, 6) is -0.315. The number of carbonyl (C=O) groups excluding carboxylic acids is 1. The second kappa shape index (κ2) is 5.42. The Balaban J connectivity index is 2.67. The van der Waals surface area contributed by atoms with Crippen LogP contribution in [0.2, 0.25) is 0 Å². The third-order valence-corrected chi connectivity index (χ3v) is 3.38. The van der Waals surface area contributed by atoms with Gasteiger partial charge in [0.25, 0.3) is 0 Å². The molecule has 0 heterocycles. The van der Waals surface area contributed by atoms with Crippen LogP contribution in [0.5, 0.6) is 0 Å². The fraction of sp³-hybridized carbons (Fsp3) is 0.800. The van der Waals surface area contributed by atoms with Gasteiger partial charge in [0.15, 0.2) is 0 Å². The van der Waals surface area contributed by atoms with Gasteiger partial charge in [-0.3, -0.25) is 9.69 Å². The van der Waals surface area contributed by atoms with E-state index in [4.69, 9.17) is 23.7 Å². The van der Waals surface area contributed by atoms with Crippen molar-refractivity contribution in [2.45, 2.75) is 44.7 Å². The molecular weight excluding hydrogens is 210 g/mol. The minimum absolute atomic E-state index is 0.0457. The van der Waals surface area contributed by atoms with Gasteiger partial charge in [0.05, 0.1) is 17.6 Å². The highest BCUT2D eigenvalue weighted by Crippen LogP contribution is 2.24. The van der Waals surface area contributed by atoms with Gasteiger partial charge in [0.1, 0.15) is 0 Å². The first-order valence-corrected chi connectivity index (χ1v) is 5.76. The number of nitrogens with zero attached hydrogens (tertiary/aromatic N) is 1. The standard InChI is InChI=1S/C10H19N3OS/c1-7(10(12)15)13(6-9(11)14)8-4-2-3-5-8/h7-8H,2-6H2,1H3,(H2,11,14)(H2,12,15). The van der Waals surface area contributed by atoms with Crippen LogP contribution in [-0.4, -0.2) is 34.4 Å². The van der Waals surface area contributed by atoms with Crippen LogP contribution in [0.4, 0.5) is 0 Å². The van der Waals surface area contributed by atoms with E-state index in [0.717, 1.165) is 12.8 Å². The van der Waals surface area contributed by atoms with Gasteiger partial charge in [-0.15, -0.1) is 0 Å². The van der Waals surface area contributed by atoms with Crippen LogP contribution in [0.25, 0.3) is 0 Å². The number of amides is 1. The maximum Gasteiger partial charge on any atom is 0.231 e. The number of nitrogens with two attached hydrogens (primary N) is 2. The summed E-state index contributed by atoms with van der Waals surface area (Å²) in [7, 11) is 0. The fourth-order valence-electron chi connectivity index (χ4n) is 2.16. The maximum atomic E-state index is 11.0. The summed E-state index contributed by atoms with van der Waals surface area (Å²) < 4.78 is 0. The molecule has 0 spiro atoms. The molecule has 4 nitrogen and oxygen atoms in total. The summed E-state index contributed by atoms with van der Waals surface area (Å²) in [5.41, 5.74) is 10.9. The lowest BCUT2D eigenvalue weighted by molar-refractivity contribution is -0.119. The number of hydrogen-bond donors (Lipinski definition) is 2. The van der Waals surface area contributed by atoms with Gasteiger partial charge < -0.3 is 11.5 Å². The Hall–Kier alpha value is -0.680. The van der Waals surface area contributed by atoms with Gasteiger partial charge in [-0.05, 0) is 19.8 Å². The molecule has 0 aromatic carbocycles. The summed E-state index contributed by atoms with van der Waals surface area (Å²) in [6, 6.07) is 0.365. The van der Waals surface area contributed by atoms with Crippen molar-refractivity contribution in [1.82, 2.24) is 4.90 Å². The van der Waals surface area contributed by atoms with E-state index in [1.165, 1.54) is 12.8 Å². The molecule has 1 atom stereocenters. The molecule has 15 heavy (non-hydrogen) atoms. The molecule has 0 aromatic heterocycles. The van der Waals surface area contributed by atoms with Crippen molar-refractivity contribution in [2.75, 3.05) is 6.54 Å². The van der Waals surface area contributed by atoms with Crippen molar-refractivity contribution in [3.8, 4) is 0 Å². The molecule has 4 N–H and O–H groups in total. The van der Waals surface area contributed by atoms with Crippen LogP contribution in [0.3, 0.4) is 0 Å². The van der Waals surface area contributed by atoms with Crippen molar-refractivity contribution in [2.24, 2.45) is 11.5 Å². The first-order valence-electron chi connectivity index (χ1n) is 5.35. The maximum absolute atomic E-state index is 11.0. The van der Waals surface area contributed by atoms with Crippen LogP contribution in [0.15, 0.2) is 0 Å². The predicted molar refractivity (Wildman–Crippen MR) is 64.4 cm³/mol. The molecule has 1 aliphatic carbocycles. The van der Waals surface area contributed by atoms with Crippen molar-refractivity contribution in [3.05, 3.63) is 0 Å². The Morgan fingerprint density at radius 2 is 2.00 bits per heavy atom. The molecule has 86 valence electrons. The van der Waals surface area contributed by atoms with E-state index in [1.807, 2.05) is 11.8 Å². The zero-order chi connectivity index (χ0) is 11.4. The number of rotatable bonds is 5. The molecule has 0 saturated heterocycles. The average Bonchev–Trinajstić information content (AvgIpc) is 2.65. The van der Waals surface area contributed by atoms with Gasteiger partial charge in [0, 0.05) is 6.04 Å². The van der Waals surface area contributed by atoms with Crippen molar-refractivity contribution in [1.29, 1.82) is 0 Å². The molecule has 0 radical (unpaired) electrons. The molecule has 0 aliphatic heterocycles. The first-order chi connectivity index (χ1) is 7.02. The zero-order valence-electron chi connectivity index (χ0n) is 9.11. The first kappa shape index (κ1) is 12.4. The molecule has 5 heteroatoms. The highest BCUT2D eigenvalue weighted by atomic mass is 32.1. The lowest BCUT2D eigenvalue weighted by atomic mass is 10.1. The third kappa shape index (κ3) is 3.43.